The van der Waals surface area contributed by atoms with Crippen LogP contribution in [0.15, 0.2) is 18.2 Å². The number of nitrogen functional groups attached to an aromatic ring is 1. The summed E-state index contributed by atoms with van der Waals surface area (Å²) in [6.07, 6.45) is 0.860. The molecule has 0 bridgehead atoms. The number of aromatic nitrogens is 2. The van der Waals surface area contributed by atoms with Crippen molar-refractivity contribution in [2.24, 2.45) is 5.92 Å². The Morgan fingerprint density at radius 1 is 1.20 bits per heavy atom. The van der Waals surface area contributed by atoms with Crippen LogP contribution in [0.4, 0.5) is 5.82 Å². The molecule has 0 atom stereocenters. The van der Waals surface area contributed by atoms with Gasteiger partial charge in [0.25, 0.3) is 0 Å². The summed E-state index contributed by atoms with van der Waals surface area (Å²) in [4.78, 5) is 8.95. The highest BCUT2D eigenvalue weighted by Gasteiger charge is 2.13. The quantitative estimate of drug-likeness (QED) is 0.721. The molecule has 3 nitrogen and oxygen atoms in total. The molecule has 0 aliphatic carbocycles. The van der Waals surface area contributed by atoms with Gasteiger partial charge in [-0.3, -0.25) is 0 Å². The molecule has 1 aromatic heterocycles. The summed E-state index contributed by atoms with van der Waals surface area (Å²) in [7, 11) is 0. The summed E-state index contributed by atoms with van der Waals surface area (Å²) < 4.78 is 0.917. The van der Waals surface area contributed by atoms with Gasteiger partial charge in [-0.05, 0) is 53.1 Å². The highest BCUT2D eigenvalue weighted by atomic mass is 127. The highest BCUT2D eigenvalue weighted by molar-refractivity contribution is 14.1. The van der Waals surface area contributed by atoms with Gasteiger partial charge >= 0.3 is 0 Å². The van der Waals surface area contributed by atoms with E-state index in [2.05, 4.69) is 46.4 Å². The minimum atomic E-state index is 0.482. The van der Waals surface area contributed by atoms with Crippen LogP contribution in [0.1, 0.15) is 19.5 Å². The zero-order valence-corrected chi connectivity index (χ0v) is 14.8. The van der Waals surface area contributed by atoms with Gasteiger partial charge in [0, 0.05) is 5.56 Å². The van der Waals surface area contributed by atoms with Gasteiger partial charge in [0.2, 0.25) is 0 Å². The lowest BCUT2D eigenvalue weighted by atomic mass is 10.1. The second-order valence-electron chi connectivity index (χ2n) is 4.92. The van der Waals surface area contributed by atoms with Crippen molar-refractivity contribution in [2.45, 2.75) is 20.3 Å². The predicted octanol–water partition coefficient (Wildman–Crippen LogP) is 4.84. The Bertz CT molecular complexity index is 645. The fourth-order valence-electron chi connectivity index (χ4n) is 1.80. The smallest absolute Gasteiger partial charge is 0.161 e. The third-order valence-electron chi connectivity index (χ3n) is 2.72. The fourth-order valence-corrected chi connectivity index (χ4v) is 2.56. The molecule has 0 radical (unpaired) electrons. The van der Waals surface area contributed by atoms with Gasteiger partial charge < -0.3 is 5.73 Å². The SMILES string of the molecule is CC(C)Cc1nc(-c2ccc(Cl)c(Cl)c2)nc(N)c1I. The molecular weight excluding hydrogens is 408 g/mol. The third kappa shape index (κ3) is 3.54. The van der Waals surface area contributed by atoms with Crippen molar-refractivity contribution in [3.05, 3.63) is 37.5 Å². The lowest BCUT2D eigenvalue weighted by Gasteiger charge is -2.11. The zero-order valence-electron chi connectivity index (χ0n) is 11.1. The van der Waals surface area contributed by atoms with Gasteiger partial charge in [0.05, 0.1) is 19.3 Å². The standard InChI is InChI=1S/C14H14Cl2IN3/c1-7(2)5-11-12(17)13(18)20-14(19-11)8-3-4-9(15)10(16)6-8/h3-4,6-7H,5H2,1-2H3,(H2,18,19,20). The third-order valence-corrected chi connectivity index (χ3v) is 4.64. The van der Waals surface area contributed by atoms with Crippen LogP contribution >= 0.6 is 45.8 Å². The number of rotatable bonds is 3. The van der Waals surface area contributed by atoms with Crippen LogP contribution in [-0.2, 0) is 6.42 Å². The Balaban J connectivity index is 2.51. The molecule has 0 saturated heterocycles. The molecule has 1 aromatic carbocycles. The number of halogens is 3. The van der Waals surface area contributed by atoms with E-state index in [1.807, 2.05) is 6.07 Å². The van der Waals surface area contributed by atoms with E-state index in [-0.39, 0.29) is 0 Å². The highest BCUT2D eigenvalue weighted by Crippen LogP contribution is 2.29. The van der Waals surface area contributed by atoms with Crippen molar-refractivity contribution in [3.8, 4) is 11.4 Å². The van der Waals surface area contributed by atoms with Crippen molar-refractivity contribution in [1.29, 1.82) is 0 Å². The Labute approximate surface area is 142 Å². The molecule has 2 rings (SSSR count). The molecule has 0 fully saturated rings. The maximum Gasteiger partial charge on any atom is 0.161 e. The van der Waals surface area contributed by atoms with Gasteiger partial charge in [-0.25, -0.2) is 9.97 Å². The van der Waals surface area contributed by atoms with E-state index in [9.17, 15) is 0 Å². The van der Waals surface area contributed by atoms with Gasteiger partial charge in [-0.15, -0.1) is 0 Å². The molecule has 20 heavy (non-hydrogen) atoms. The molecule has 2 N–H and O–H groups in total. The van der Waals surface area contributed by atoms with E-state index in [0.717, 1.165) is 21.2 Å². The first-order valence-corrected chi connectivity index (χ1v) is 7.99. The lowest BCUT2D eigenvalue weighted by molar-refractivity contribution is 0.632. The molecule has 0 aliphatic heterocycles. The maximum absolute atomic E-state index is 6.04. The molecule has 0 amide bonds. The zero-order chi connectivity index (χ0) is 14.9. The molecular formula is C14H14Cl2IN3. The summed E-state index contributed by atoms with van der Waals surface area (Å²) in [6.45, 7) is 4.29. The molecule has 6 heteroatoms. The number of nitrogens with zero attached hydrogens (tertiary/aromatic N) is 2. The van der Waals surface area contributed by atoms with Crippen molar-refractivity contribution < 1.29 is 0 Å². The van der Waals surface area contributed by atoms with Crippen LogP contribution in [0, 0.1) is 9.49 Å². The average molecular weight is 422 g/mol. The van der Waals surface area contributed by atoms with E-state index < -0.39 is 0 Å². The Kier molecular flexibility index (Phi) is 5.09. The van der Waals surface area contributed by atoms with E-state index in [4.69, 9.17) is 28.9 Å². The fraction of sp³-hybridized carbons (Fsp3) is 0.286. The van der Waals surface area contributed by atoms with Crippen LogP contribution in [0.3, 0.4) is 0 Å². The van der Waals surface area contributed by atoms with Crippen LogP contribution < -0.4 is 5.73 Å². The van der Waals surface area contributed by atoms with Gasteiger partial charge in [-0.2, -0.15) is 0 Å². The van der Waals surface area contributed by atoms with Gasteiger partial charge in [0.1, 0.15) is 5.82 Å². The molecule has 106 valence electrons. The summed E-state index contributed by atoms with van der Waals surface area (Å²) in [5.74, 6) is 1.58. The first-order chi connectivity index (χ1) is 9.38. The summed E-state index contributed by atoms with van der Waals surface area (Å²) in [5.41, 5.74) is 7.76. The summed E-state index contributed by atoms with van der Waals surface area (Å²) >= 11 is 14.2. The number of hydrogen-bond donors (Lipinski definition) is 1. The average Bonchev–Trinajstić information content (AvgIpc) is 2.37. The number of nitrogens with two attached hydrogens (primary N) is 1. The predicted molar refractivity (Wildman–Crippen MR) is 93.2 cm³/mol. The number of anilines is 1. The van der Waals surface area contributed by atoms with Gasteiger partial charge in [-0.1, -0.05) is 37.0 Å². The monoisotopic (exact) mass is 421 g/mol. The second kappa shape index (κ2) is 6.45. The van der Waals surface area contributed by atoms with Crippen molar-refractivity contribution in [1.82, 2.24) is 9.97 Å². The van der Waals surface area contributed by atoms with Crippen LogP contribution in [0.25, 0.3) is 11.4 Å². The van der Waals surface area contributed by atoms with E-state index in [1.165, 1.54) is 0 Å². The minimum Gasteiger partial charge on any atom is -0.383 e. The normalized spacial score (nSPS) is 11.1. The Hall–Kier alpha value is -0.590. The van der Waals surface area contributed by atoms with Crippen molar-refractivity contribution in [3.63, 3.8) is 0 Å². The molecule has 0 spiro atoms. The van der Waals surface area contributed by atoms with E-state index in [1.54, 1.807) is 12.1 Å². The molecule has 1 heterocycles. The molecule has 0 unspecified atom stereocenters. The minimum absolute atomic E-state index is 0.482. The maximum atomic E-state index is 6.04. The lowest BCUT2D eigenvalue weighted by Crippen LogP contribution is -2.07. The van der Waals surface area contributed by atoms with Crippen molar-refractivity contribution in [2.75, 3.05) is 5.73 Å². The summed E-state index contributed by atoms with van der Waals surface area (Å²) in [5, 5.41) is 0.992. The van der Waals surface area contributed by atoms with Crippen molar-refractivity contribution >= 4 is 51.6 Å². The van der Waals surface area contributed by atoms with Crippen LogP contribution in [0.5, 0.6) is 0 Å². The topological polar surface area (TPSA) is 51.8 Å². The van der Waals surface area contributed by atoms with E-state index >= 15 is 0 Å². The van der Waals surface area contributed by atoms with Crippen LogP contribution in [0.2, 0.25) is 10.0 Å². The Morgan fingerprint density at radius 2 is 1.90 bits per heavy atom. The molecule has 0 saturated carbocycles. The Morgan fingerprint density at radius 3 is 2.50 bits per heavy atom. The first-order valence-electron chi connectivity index (χ1n) is 6.15. The largest absolute Gasteiger partial charge is 0.383 e. The summed E-state index contributed by atoms with van der Waals surface area (Å²) in [6, 6.07) is 5.33. The van der Waals surface area contributed by atoms with Gasteiger partial charge in [0.15, 0.2) is 5.82 Å². The first kappa shape index (κ1) is 15.8. The number of hydrogen-bond acceptors (Lipinski definition) is 3. The molecule has 0 aliphatic rings. The second-order valence-corrected chi connectivity index (χ2v) is 6.81. The molecule has 2 aromatic rings. The van der Waals surface area contributed by atoms with E-state index in [0.29, 0.717) is 27.6 Å². The van der Waals surface area contributed by atoms with Crippen LogP contribution in [-0.4, -0.2) is 9.97 Å². The number of benzene rings is 1.